The lowest BCUT2D eigenvalue weighted by Crippen LogP contribution is -2.48. The van der Waals surface area contributed by atoms with Crippen LogP contribution in [0.2, 0.25) is 0 Å². The average molecular weight is 392 g/mol. The van der Waals surface area contributed by atoms with Crippen LogP contribution in [0.5, 0.6) is 5.75 Å². The molecule has 0 bridgehead atoms. The number of likely N-dealkylation sites (N-methyl/N-ethyl adjacent to an activating group) is 1. The van der Waals surface area contributed by atoms with E-state index in [0.29, 0.717) is 6.54 Å². The number of halogens is 1. The maximum absolute atomic E-state index is 13.9. The molecule has 0 aromatic heterocycles. The zero-order chi connectivity index (χ0) is 20.3. The average Bonchev–Trinajstić information content (AvgIpc) is 2.92. The molecule has 154 valence electrons. The molecule has 2 heterocycles. The number of hydrogen-bond acceptors (Lipinski definition) is 6. The fraction of sp³-hybridized carbons (Fsp3) is 0.600. The number of imide groups is 1. The summed E-state index contributed by atoms with van der Waals surface area (Å²) in [7, 11) is 3.19. The van der Waals surface area contributed by atoms with E-state index >= 15 is 0 Å². The predicted molar refractivity (Wildman–Crippen MR) is 105 cm³/mol. The summed E-state index contributed by atoms with van der Waals surface area (Å²) in [5, 5.41) is 2.96. The van der Waals surface area contributed by atoms with Gasteiger partial charge in [-0.15, -0.1) is 0 Å². The van der Waals surface area contributed by atoms with Gasteiger partial charge in [-0.3, -0.25) is 19.4 Å². The van der Waals surface area contributed by atoms with Crippen molar-refractivity contribution in [1.82, 2.24) is 15.1 Å². The number of nitrogens with one attached hydrogen (secondary N) is 1. The van der Waals surface area contributed by atoms with Crippen LogP contribution in [0.4, 0.5) is 10.1 Å². The van der Waals surface area contributed by atoms with E-state index in [1.54, 1.807) is 20.0 Å². The van der Waals surface area contributed by atoms with E-state index < -0.39 is 5.54 Å². The summed E-state index contributed by atoms with van der Waals surface area (Å²) in [6.45, 7) is 6.28. The maximum Gasteiger partial charge on any atom is 0.249 e. The van der Waals surface area contributed by atoms with Crippen molar-refractivity contribution in [2.24, 2.45) is 0 Å². The molecule has 1 aromatic carbocycles. The number of hydrogen-bond donors (Lipinski definition) is 1. The number of para-hydroxylation sites is 1. The molecular formula is C20H29FN4O3. The van der Waals surface area contributed by atoms with Gasteiger partial charge in [0.2, 0.25) is 11.8 Å². The van der Waals surface area contributed by atoms with Crippen LogP contribution in [0.1, 0.15) is 19.8 Å². The molecule has 0 aliphatic carbocycles. The second kappa shape index (κ2) is 8.45. The van der Waals surface area contributed by atoms with Gasteiger partial charge in [-0.25, -0.2) is 4.39 Å². The summed E-state index contributed by atoms with van der Waals surface area (Å²) in [5.74, 6) is -0.307. The van der Waals surface area contributed by atoms with Crippen molar-refractivity contribution < 1.29 is 18.7 Å². The Morgan fingerprint density at radius 1 is 1.18 bits per heavy atom. The number of ether oxygens (including phenoxy) is 1. The minimum absolute atomic E-state index is 0.107. The first kappa shape index (κ1) is 20.5. The highest BCUT2D eigenvalue weighted by Crippen LogP contribution is 2.31. The van der Waals surface area contributed by atoms with Gasteiger partial charge in [0.25, 0.3) is 0 Å². The minimum Gasteiger partial charge on any atom is -0.492 e. The Labute approximate surface area is 165 Å². The first-order chi connectivity index (χ1) is 13.4. The second-order valence-corrected chi connectivity index (χ2v) is 7.58. The summed E-state index contributed by atoms with van der Waals surface area (Å²) in [6, 6.07) is 4.97. The smallest absolute Gasteiger partial charge is 0.249 e. The molecule has 1 aromatic rings. The van der Waals surface area contributed by atoms with E-state index in [1.807, 2.05) is 6.07 Å². The minimum atomic E-state index is -0.771. The van der Waals surface area contributed by atoms with Crippen LogP contribution >= 0.6 is 0 Å². The highest BCUT2D eigenvalue weighted by atomic mass is 19.1. The maximum atomic E-state index is 13.9. The van der Waals surface area contributed by atoms with Crippen LogP contribution in [-0.2, 0) is 9.59 Å². The molecule has 2 aliphatic heterocycles. The van der Waals surface area contributed by atoms with Crippen molar-refractivity contribution in [2.45, 2.75) is 25.3 Å². The fourth-order valence-electron chi connectivity index (χ4n) is 3.92. The van der Waals surface area contributed by atoms with Gasteiger partial charge < -0.3 is 15.0 Å². The molecule has 0 spiro atoms. The van der Waals surface area contributed by atoms with Gasteiger partial charge >= 0.3 is 0 Å². The Hall–Kier alpha value is -2.19. The SMILES string of the molecule is CNC1(C)CC(=O)N(CCCN2CCN(c3cccc(F)c3OC)CC2)C1=O. The highest BCUT2D eigenvalue weighted by Gasteiger charge is 2.46. The van der Waals surface area contributed by atoms with Crippen LogP contribution in [0.15, 0.2) is 18.2 Å². The monoisotopic (exact) mass is 392 g/mol. The Kier molecular flexibility index (Phi) is 6.20. The Bertz CT molecular complexity index is 736. The van der Waals surface area contributed by atoms with Gasteiger partial charge in [-0.05, 0) is 39.1 Å². The first-order valence-electron chi connectivity index (χ1n) is 9.73. The number of piperazine rings is 1. The standard InChI is InChI=1S/C20H29FN4O3/c1-20(22-2)14-17(26)25(19(20)27)9-5-8-23-10-12-24(13-11-23)16-7-4-6-15(21)18(16)28-3/h4,6-7,22H,5,8-14H2,1-3H3. The van der Waals surface area contributed by atoms with Gasteiger partial charge in [-0.2, -0.15) is 0 Å². The normalized spacial score (nSPS) is 23.6. The molecule has 3 rings (SSSR count). The van der Waals surface area contributed by atoms with Crippen molar-refractivity contribution >= 4 is 17.5 Å². The van der Waals surface area contributed by atoms with Crippen LogP contribution < -0.4 is 15.0 Å². The lowest BCUT2D eigenvalue weighted by atomic mass is 10.0. The summed E-state index contributed by atoms with van der Waals surface area (Å²) in [5.41, 5.74) is 0.00830. The van der Waals surface area contributed by atoms with E-state index in [0.717, 1.165) is 44.8 Å². The number of benzene rings is 1. The number of methoxy groups -OCH3 is 1. The van der Waals surface area contributed by atoms with Crippen molar-refractivity contribution in [3.8, 4) is 5.75 Å². The second-order valence-electron chi connectivity index (χ2n) is 7.58. The third-order valence-corrected chi connectivity index (χ3v) is 5.79. The topological polar surface area (TPSA) is 65.1 Å². The van der Waals surface area contributed by atoms with E-state index in [4.69, 9.17) is 4.74 Å². The van der Waals surface area contributed by atoms with Crippen molar-refractivity contribution in [1.29, 1.82) is 0 Å². The number of likely N-dealkylation sites (tertiary alicyclic amines) is 1. The molecule has 1 N–H and O–H groups in total. The Morgan fingerprint density at radius 2 is 1.89 bits per heavy atom. The predicted octanol–water partition coefficient (Wildman–Crippen LogP) is 1.08. The lowest BCUT2D eigenvalue weighted by Gasteiger charge is -2.36. The van der Waals surface area contributed by atoms with Gasteiger partial charge in [-0.1, -0.05) is 6.07 Å². The molecular weight excluding hydrogens is 363 g/mol. The number of carbonyl (C=O) groups is 2. The molecule has 0 saturated carbocycles. The van der Waals surface area contributed by atoms with Crippen molar-refractivity contribution in [3.63, 3.8) is 0 Å². The third-order valence-electron chi connectivity index (χ3n) is 5.79. The number of anilines is 1. The molecule has 7 nitrogen and oxygen atoms in total. The number of nitrogens with zero attached hydrogens (tertiary/aromatic N) is 3. The third kappa shape index (κ3) is 3.98. The van der Waals surface area contributed by atoms with E-state index in [9.17, 15) is 14.0 Å². The molecule has 2 saturated heterocycles. The molecule has 0 radical (unpaired) electrons. The van der Waals surface area contributed by atoms with Crippen LogP contribution in [0.3, 0.4) is 0 Å². The molecule has 8 heteroatoms. The molecule has 1 atom stereocenters. The van der Waals surface area contributed by atoms with Crippen molar-refractivity contribution in [2.75, 3.05) is 58.3 Å². The quantitative estimate of drug-likeness (QED) is 0.701. The summed E-state index contributed by atoms with van der Waals surface area (Å²) in [6.07, 6.45) is 0.969. The zero-order valence-electron chi connectivity index (χ0n) is 16.8. The van der Waals surface area contributed by atoms with Gasteiger partial charge in [0.15, 0.2) is 11.6 Å². The first-order valence-corrected chi connectivity index (χ1v) is 9.73. The molecule has 2 fully saturated rings. The molecule has 1 unspecified atom stereocenters. The zero-order valence-corrected chi connectivity index (χ0v) is 16.8. The van der Waals surface area contributed by atoms with E-state index in [2.05, 4.69) is 15.1 Å². The number of amides is 2. The molecule has 28 heavy (non-hydrogen) atoms. The largest absolute Gasteiger partial charge is 0.492 e. The summed E-state index contributed by atoms with van der Waals surface area (Å²) >= 11 is 0. The fourth-order valence-corrected chi connectivity index (χ4v) is 3.92. The number of rotatable bonds is 7. The van der Waals surface area contributed by atoms with Crippen LogP contribution in [0.25, 0.3) is 0 Å². The summed E-state index contributed by atoms with van der Waals surface area (Å²) in [4.78, 5) is 30.4. The van der Waals surface area contributed by atoms with E-state index in [1.165, 1.54) is 18.1 Å². The van der Waals surface area contributed by atoms with Gasteiger partial charge in [0.1, 0.15) is 5.54 Å². The van der Waals surface area contributed by atoms with Crippen LogP contribution in [-0.4, -0.2) is 80.6 Å². The van der Waals surface area contributed by atoms with Gasteiger partial charge in [0.05, 0.1) is 19.2 Å². The molecule has 2 amide bonds. The highest BCUT2D eigenvalue weighted by molar-refractivity contribution is 6.08. The number of carbonyl (C=O) groups excluding carboxylic acids is 2. The Morgan fingerprint density at radius 3 is 2.50 bits per heavy atom. The summed E-state index contributed by atoms with van der Waals surface area (Å²) < 4.78 is 19.1. The van der Waals surface area contributed by atoms with Gasteiger partial charge in [0, 0.05) is 32.7 Å². The van der Waals surface area contributed by atoms with Crippen LogP contribution in [0, 0.1) is 5.82 Å². The van der Waals surface area contributed by atoms with Crippen molar-refractivity contribution in [3.05, 3.63) is 24.0 Å². The molecule has 2 aliphatic rings. The Balaban J connectivity index is 1.48. The lowest BCUT2D eigenvalue weighted by molar-refractivity contribution is -0.140. The van der Waals surface area contributed by atoms with E-state index in [-0.39, 0.29) is 29.8 Å².